The quantitative estimate of drug-likeness (QED) is 0.576. The Morgan fingerprint density at radius 3 is 2.45 bits per heavy atom. The van der Waals surface area contributed by atoms with Gasteiger partial charge in [0.1, 0.15) is 0 Å². The molecule has 4 rings (SSSR count). The van der Waals surface area contributed by atoms with Gasteiger partial charge in [-0.3, -0.25) is 4.79 Å². The SMILES string of the molecule is O=C(CSc1nnnn1C[C@H]1CCCO1)NC(c1ccccc1)c1ccccc1. The minimum absolute atomic E-state index is 0.0700. The Bertz CT molecular complexity index is 874. The lowest BCUT2D eigenvalue weighted by atomic mass is 9.99. The zero-order chi connectivity index (χ0) is 19.9. The van der Waals surface area contributed by atoms with Crippen LogP contribution in [0.5, 0.6) is 0 Å². The van der Waals surface area contributed by atoms with Gasteiger partial charge in [0.2, 0.25) is 11.1 Å². The first-order valence-electron chi connectivity index (χ1n) is 9.69. The molecule has 29 heavy (non-hydrogen) atoms. The van der Waals surface area contributed by atoms with Crippen LogP contribution in [0.2, 0.25) is 0 Å². The van der Waals surface area contributed by atoms with Crippen LogP contribution in [0.15, 0.2) is 65.8 Å². The molecule has 1 saturated heterocycles. The number of carbonyl (C=O) groups excluding carboxylic acids is 1. The standard InChI is InChI=1S/C21H23N5O2S/c27-19(15-29-21-23-24-25-26(21)14-18-12-7-13-28-18)22-20(16-8-3-1-4-9-16)17-10-5-2-6-11-17/h1-6,8-11,18,20H,7,12-15H2,(H,22,27)/t18-/m1/s1. The van der Waals surface area contributed by atoms with Crippen molar-refractivity contribution in [2.75, 3.05) is 12.4 Å². The van der Waals surface area contributed by atoms with Crippen LogP contribution in [0, 0.1) is 0 Å². The lowest BCUT2D eigenvalue weighted by Crippen LogP contribution is -2.30. The lowest BCUT2D eigenvalue weighted by Gasteiger charge is -2.19. The van der Waals surface area contributed by atoms with E-state index >= 15 is 0 Å². The summed E-state index contributed by atoms with van der Waals surface area (Å²) < 4.78 is 7.37. The van der Waals surface area contributed by atoms with Crippen molar-refractivity contribution in [2.45, 2.75) is 36.7 Å². The summed E-state index contributed by atoms with van der Waals surface area (Å²) in [6.07, 6.45) is 2.23. The molecule has 0 spiro atoms. The van der Waals surface area contributed by atoms with Crippen LogP contribution in [-0.4, -0.2) is 44.6 Å². The average molecular weight is 410 g/mol. The maximum Gasteiger partial charge on any atom is 0.231 e. The zero-order valence-corrected chi connectivity index (χ0v) is 16.8. The number of amides is 1. The van der Waals surface area contributed by atoms with Crippen molar-refractivity contribution in [3.05, 3.63) is 71.8 Å². The van der Waals surface area contributed by atoms with Gasteiger partial charge < -0.3 is 10.1 Å². The van der Waals surface area contributed by atoms with E-state index in [1.165, 1.54) is 11.8 Å². The normalized spacial score (nSPS) is 16.2. The first-order valence-corrected chi connectivity index (χ1v) is 10.7. The molecule has 0 bridgehead atoms. The third kappa shape index (κ3) is 5.21. The summed E-state index contributed by atoms with van der Waals surface area (Å²) >= 11 is 1.34. The molecule has 8 heteroatoms. The monoisotopic (exact) mass is 409 g/mol. The van der Waals surface area contributed by atoms with E-state index in [0.29, 0.717) is 11.7 Å². The Balaban J connectivity index is 1.40. The second kappa shape index (κ2) is 9.67. The minimum atomic E-state index is -0.201. The van der Waals surface area contributed by atoms with Gasteiger partial charge in [0.15, 0.2) is 0 Å². The number of hydrogen-bond donors (Lipinski definition) is 1. The molecule has 0 saturated carbocycles. The molecule has 1 amide bonds. The third-order valence-electron chi connectivity index (χ3n) is 4.80. The molecule has 2 heterocycles. The highest BCUT2D eigenvalue weighted by Crippen LogP contribution is 2.23. The number of tetrazole rings is 1. The summed E-state index contributed by atoms with van der Waals surface area (Å²) in [7, 11) is 0. The van der Waals surface area contributed by atoms with Crippen molar-refractivity contribution in [3.8, 4) is 0 Å². The van der Waals surface area contributed by atoms with Crippen molar-refractivity contribution in [1.29, 1.82) is 0 Å². The van der Waals surface area contributed by atoms with E-state index < -0.39 is 0 Å². The van der Waals surface area contributed by atoms with Crippen molar-refractivity contribution < 1.29 is 9.53 Å². The Morgan fingerprint density at radius 2 is 1.83 bits per heavy atom. The van der Waals surface area contributed by atoms with E-state index in [9.17, 15) is 4.79 Å². The van der Waals surface area contributed by atoms with E-state index in [2.05, 4.69) is 20.8 Å². The van der Waals surface area contributed by atoms with Gasteiger partial charge in [0.25, 0.3) is 0 Å². The maximum absolute atomic E-state index is 12.7. The van der Waals surface area contributed by atoms with E-state index in [1.807, 2.05) is 60.7 Å². The molecule has 1 aliphatic rings. The van der Waals surface area contributed by atoms with Crippen molar-refractivity contribution in [2.24, 2.45) is 0 Å². The van der Waals surface area contributed by atoms with E-state index in [1.54, 1.807) is 4.68 Å². The molecule has 0 aliphatic carbocycles. The molecule has 2 aromatic carbocycles. The van der Waals surface area contributed by atoms with Gasteiger partial charge in [0, 0.05) is 6.61 Å². The number of aromatic nitrogens is 4. The van der Waals surface area contributed by atoms with E-state index in [0.717, 1.165) is 30.6 Å². The molecule has 0 radical (unpaired) electrons. The van der Waals surface area contributed by atoms with Crippen molar-refractivity contribution in [1.82, 2.24) is 25.5 Å². The Hall–Kier alpha value is -2.71. The van der Waals surface area contributed by atoms with Crippen LogP contribution in [0.1, 0.15) is 30.0 Å². The van der Waals surface area contributed by atoms with Crippen LogP contribution in [0.3, 0.4) is 0 Å². The first kappa shape index (κ1) is 19.6. The van der Waals surface area contributed by atoms with Gasteiger partial charge in [-0.15, -0.1) is 5.10 Å². The van der Waals surface area contributed by atoms with Gasteiger partial charge >= 0.3 is 0 Å². The van der Waals surface area contributed by atoms with Crippen LogP contribution in [0.4, 0.5) is 0 Å². The second-order valence-corrected chi connectivity index (χ2v) is 7.83. The number of hydrogen-bond acceptors (Lipinski definition) is 6. The van der Waals surface area contributed by atoms with Gasteiger partial charge in [0.05, 0.1) is 24.4 Å². The highest BCUT2D eigenvalue weighted by atomic mass is 32.2. The molecule has 1 atom stereocenters. The Kier molecular flexibility index (Phi) is 6.53. The largest absolute Gasteiger partial charge is 0.376 e. The van der Waals surface area contributed by atoms with Gasteiger partial charge in [-0.25, -0.2) is 4.68 Å². The Labute approximate surface area is 173 Å². The second-order valence-electron chi connectivity index (χ2n) is 6.89. The maximum atomic E-state index is 12.7. The Morgan fingerprint density at radius 1 is 1.14 bits per heavy atom. The first-order chi connectivity index (χ1) is 14.3. The molecule has 3 aromatic rings. The fourth-order valence-corrected chi connectivity index (χ4v) is 4.08. The number of nitrogens with zero attached hydrogens (tertiary/aromatic N) is 4. The van der Waals surface area contributed by atoms with Crippen molar-refractivity contribution in [3.63, 3.8) is 0 Å². The summed E-state index contributed by atoms with van der Waals surface area (Å²) in [5.74, 6) is 0.168. The highest BCUT2D eigenvalue weighted by molar-refractivity contribution is 7.99. The molecule has 0 unspecified atom stereocenters. The third-order valence-corrected chi connectivity index (χ3v) is 5.76. The average Bonchev–Trinajstić information content (AvgIpc) is 3.44. The van der Waals surface area contributed by atoms with E-state index in [4.69, 9.17) is 4.74 Å². The molecule has 1 aromatic heterocycles. The summed E-state index contributed by atoms with van der Waals surface area (Å²) in [6, 6.07) is 19.7. The summed E-state index contributed by atoms with van der Waals surface area (Å²) in [4.78, 5) is 12.7. The fraction of sp³-hybridized carbons (Fsp3) is 0.333. The zero-order valence-electron chi connectivity index (χ0n) is 16.0. The lowest BCUT2D eigenvalue weighted by molar-refractivity contribution is -0.119. The number of thioether (sulfide) groups is 1. The highest BCUT2D eigenvalue weighted by Gasteiger charge is 2.20. The van der Waals surface area contributed by atoms with Gasteiger partial charge in [-0.2, -0.15) is 0 Å². The molecule has 150 valence electrons. The summed E-state index contributed by atoms with van der Waals surface area (Å²) in [5, 5.41) is 15.6. The summed E-state index contributed by atoms with van der Waals surface area (Å²) in [6.45, 7) is 1.41. The molecule has 1 fully saturated rings. The molecule has 1 aliphatic heterocycles. The fourth-order valence-electron chi connectivity index (χ4n) is 3.38. The van der Waals surface area contributed by atoms with Gasteiger partial charge in [-0.1, -0.05) is 72.4 Å². The number of carbonyl (C=O) groups is 1. The van der Waals surface area contributed by atoms with E-state index in [-0.39, 0.29) is 23.8 Å². The predicted molar refractivity (Wildman–Crippen MR) is 110 cm³/mol. The molecule has 7 nitrogen and oxygen atoms in total. The number of nitrogens with one attached hydrogen (secondary N) is 1. The predicted octanol–water partition coefficient (Wildman–Crippen LogP) is 2.85. The van der Waals surface area contributed by atoms with Crippen molar-refractivity contribution >= 4 is 17.7 Å². The van der Waals surface area contributed by atoms with Crippen LogP contribution in [-0.2, 0) is 16.1 Å². The number of ether oxygens (including phenoxy) is 1. The topological polar surface area (TPSA) is 81.9 Å². The van der Waals surface area contributed by atoms with Crippen LogP contribution >= 0.6 is 11.8 Å². The minimum Gasteiger partial charge on any atom is -0.376 e. The van der Waals surface area contributed by atoms with Crippen LogP contribution in [0.25, 0.3) is 0 Å². The summed E-state index contributed by atoms with van der Waals surface area (Å²) in [5.41, 5.74) is 2.08. The smallest absolute Gasteiger partial charge is 0.231 e. The number of rotatable bonds is 8. The number of benzene rings is 2. The van der Waals surface area contributed by atoms with Crippen LogP contribution < -0.4 is 5.32 Å². The molecule has 1 N–H and O–H groups in total. The molecular formula is C21H23N5O2S. The van der Waals surface area contributed by atoms with Gasteiger partial charge in [-0.05, 0) is 34.4 Å². The molecular weight excluding hydrogens is 386 g/mol.